The van der Waals surface area contributed by atoms with E-state index in [4.69, 9.17) is 0 Å². The van der Waals surface area contributed by atoms with Gasteiger partial charge in [0, 0.05) is 12.1 Å². The zero-order valence-corrected chi connectivity index (χ0v) is 12.3. The highest BCUT2D eigenvalue weighted by atomic mass is 19.4. The molecule has 0 radical (unpaired) electrons. The number of hydrogen-bond donors (Lipinski definition) is 2. The van der Waals surface area contributed by atoms with Gasteiger partial charge in [-0.3, -0.25) is 9.59 Å². The predicted octanol–water partition coefficient (Wildman–Crippen LogP) is 3.93. The summed E-state index contributed by atoms with van der Waals surface area (Å²) >= 11 is 0. The van der Waals surface area contributed by atoms with Crippen molar-refractivity contribution in [1.29, 1.82) is 0 Å². The van der Waals surface area contributed by atoms with Gasteiger partial charge in [-0.1, -0.05) is 19.9 Å². The zero-order valence-electron chi connectivity index (χ0n) is 12.3. The van der Waals surface area contributed by atoms with Crippen molar-refractivity contribution >= 4 is 17.6 Å². The number of aliphatic carboxylic acids is 1. The molecular weight excluding hydrogens is 299 g/mol. The molecule has 1 rings (SSSR count). The molecule has 1 aromatic carbocycles. The van der Waals surface area contributed by atoms with Gasteiger partial charge in [0.25, 0.3) is 0 Å². The summed E-state index contributed by atoms with van der Waals surface area (Å²) in [6.45, 7) is 3.32. The second kappa shape index (κ2) is 6.81. The van der Waals surface area contributed by atoms with Crippen LogP contribution >= 0.6 is 0 Å². The molecule has 7 heteroatoms. The van der Waals surface area contributed by atoms with E-state index in [0.717, 1.165) is 12.1 Å². The first-order chi connectivity index (χ1) is 10.1. The topological polar surface area (TPSA) is 66.4 Å². The lowest BCUT2D eigenvalue weighted by molar-refractivity contribution is -0.151. The van der Waals surface area contributed by atoms with Gasteiger partial charge in [-0.2, -0.15) is 13.2 Å². The summed E-state index contributed by atoms with van der Waals surface area (Å²) in [7, 11) is 0. The molecule has 2 N–H and O–H groups in total. The fourth-order valence-corrected chi connectivity index (χ4v) is 2.16. The van der Waals surface area contributed by atoms with Crippen LogP contribution < -0.4 is 5.32 Å². The second-order valence-electron chi connectivity index (χ2n) is 5.10. The van der Waals surface area contributed by atoms with Gasteiger partial charge < -0.3 is 10.4 Å². The van der Waals surface area contributed by atoms with E-state index >= 15 is 0 Å². The SMILES string of the molecule is CCC(CC)(CC(=O)Nc1cccc(C(F)(F)F)c1)C(=O)O. The molecule has 0 unspecified atom stereocenters. The van der Waals surface area contributed by atoms with Crippen molar-refractivity contribution in [2.45, 2.75) is 39.3 Å². The van der Waals surface area contributed by atoms with Crippen molar-refractivity contribution in [2.24, 2.45) is 5.41 Å². The summed E-state index contributed by atoms with van der Waals surface area (Å²) in [4.78, 5) is 23.3. The third-order valence-electron chi connectivity index (χ3n) is 3.78. The standard InChI is InChI=1S/C15H18F3NO3/c1-3-14(4-2,13(21)22)9-12(20)19-11-7-5-6-10(8-11)15(16,17)18/h5-8H,3-4,9H2,1-2H3,(H,19,20)(H,21,22). The maximum absolute atomic E-state index is 12.6. The van der Waals surface area contributed by atoms with Crippen LogP contribution in [-0.2, 0) is 15.8 Å². The van der Waals surface area contributed by atoms with Crippen LogP contribution in [-0.4, -0.2) is 17.0 Å². The van der Waals surface area contributed by atoms with E-state index in [1.807, 2.05) is 0 Å². The Balaban J connectivity index is 2.87. The lowest BCUT2D eigenvalue weighted by Gasteiger charge is -2.25. The highest BCUT2D eigenvalue weighted by molar-refractivity contribution is 5.94. The molecule has 0 spiro atoms. The average Bonchev–Trinajstić information content (AvgIpc) is 2.44. The molecule has 1 aromatic rings. The molecule has 22 heavy (non-hydrogen) atoms. The van der Waals surface area contributed by atoms with Gasteiger partial charge in [0.05, 0.1) is 11.0 Å². The zero-order chi connectivity index (χ0) is 17.0. The number of carboxylic acids is 1. The lowest BCUT2D eigenvalue weighted by Crippen LogP contribution is -2.34. The maximum atomic E-state index is 12.6. The van der Waals surface area contributed by atoms with Crippen LogP contribution in [0.5, 0.6) is 0 Å². The van der Waals surface area contributed by atoms with E-state index in [1.165, 1.54) is 12.1 Å². The van der Waals surface area contributed by atoms with Gasteiger partial charge >= 0.3 is 12.1 Å². The van der Waals surface area contributed by atoms with Gasteiger partial charge in [0.15, 0.2) is 0 Å². The number of anilines is 1. The quantitative estimate of drug-likeness (QED) is 0.835. The van der Waals surface area contributed by atoms with Crippen molar-refractivity contribution < 1.29 is 27.9 Å². The molecule has 0 saturated heterocycles. The second-order valence-corrected chi connectivity index (χ2v) is 5.10. The number of halogens is 3. The molecule has 0 aliphatic carbocycles. The summed E-state index contributed by atoms with van der Waals surface area (Å²) in [5.74, 6) is -1.71. The Kier molecular flexibility index (Phi) is 5.57. The summed E-state index contributed by atoms with van der Waals surface area (Å²) in [5, 5.41) is 11.6. The minimum absolute atomic E-state index is 0.00804. The Morgan fingerprint density at radius 1 is 1.18 bits per heavy atom. The third-order valence-corrected chi connectivity index (χ3v) is 3.78. The average molecular weight is 317 g/mol. The first kappa shape index (κ1) is 18.0. The molecule has 0 fully saturated rings. The summed E-state index contributed by atoms with van der Waals surface area (Å²) in [6, 6.07) is 4.23. The van der Waals surface area contributed by atoms with E-state index in [9.17, 15) is 27.9 Å². The van der Waals surface area contributed by atoms with Gasteiger partial charge in [-0.15, -0.1) is 0 Å². The number of rotatable bonds is 6. The Morgan fingerprint density at radius 2 is 1.77 bits per heavy atom. The molecule has 0 heterocycles. The molecule has 0 aliphatic rings. The van der Waals surface area contributed by atoms with Crippen LogP contribution in [0, 0.1) is 5.41 Å². The van der Waals surface area contributed by atoms with Crippen LogP contribution in [0.2, 0.25) is 0 Å². The van der Waals surface area contributed by atoms with Crippen molar-refractivity contribution in [3.05, 3.63) is 29.8 Å². The largest absolute Gasteiger partial charge is 0.481 e. The van der Waals surface area contributed by atoms with Crippen molar-refractivity contribution in [3.63, 3.8) is 0 Å². The number of nitrogens with one attached hydrogen (secondary N) is 1. The van der Waals surface area contributed by atoms with Crippen LogP contribution in [0.4, 0.5) is 18.9 Å². The lowest BCUT2D eigenvalue weighted by atomic mass is 9.79. The summed E-state index contributed by atoms with van der Waals surface area (Å²) in [6.07, 6.45) is -4.27. The molecule has 4 nitrogen and oxygen atoms in total. The predicted molar refractivity (Wildman–Crippen MR) is 75.3 cm³/mol. The molecule has 122 valence electrons. The fraction of sp³-hybridized carbons (Fsp3) is 0.467. The van der Waals surface area contributed by atoms with Crippen LogP contribution in [0.1, 0.15) is 38.7 Å². The highest BCUT2D eigenvalue weighted by Gasteiger charge is 2.37. The number of carboxylic acid groups (broad SMARTS) is 1. The number of amides is 1. The number of carbonyl (C=O) groups excluding carboxylic acids is 1. The Bertz CT molecular complexity index is 551. The maximum Gasteiger partial charge on any atom is 0.416 e. The summed E-state index contributed by atoms with van der Waals surface area (Å²) < 4.78 is 37.8. The smallest absolute Gasteiger partial charge is 0.416 e. The van der Waals surface area contributed by atoms with Crippen molar-refractivity contribution in [1.82, 2.24) is 0 Å². The van der Waals surface area contributed by atoms with Gasteiger partial charge in [0.2, 0.25) is 5.91 Å². The monoisotopic (exact) mass is 317 g/mol. The molecule has 0 atom stereocenters. The number of alkyl halides is 3. The van der Waals surface area contributed by atoms with Crippen LogP contribution in [0.3, 0.4) is 0 Å². The van der Waals surface area contributed by atoms with Gasteiger partial charge in [0.1, 0.15) is 0 Å². The van der Waals surface area contributed by atoms with E-state index in [1.54, 1.807) is 13.8 Å². The minimum Gasteiger partial charge on any atom is -0.481 e. The first-order valence-electron chi connectivity index (χ1n) is 6.85. The summed E-state index contributed by atoms with van der Waals surface area (Å²) in [5.41, 5.74) is -2.08. The van der Waals surface area contributed by atoms with E-state index < -0.39 is 29.0 Å². The third kappa shape index (κ3) is 4.22. The van der Waals surface area contributed by atoms with Crippen molar-refractivity contribution in [3.8, 4) is 0 Å². The molecule has 0 bridgehead atoms. The number of hydrogen-bond acceptors (Lipinski definition) is 2. The number of carbonyl (C=O) groups is 2. The van der Waals surface area contributed by atoms with E-state index in [2.05, 4.69) is 5.32 Å². The van der Waals surface area contributed by atoms with Gasteiger partial charge in [-0.25, -0.2) is 0 Å². The minimum atomic E-state index is -4.50. The molecule has 0 saturated carbocycles. The van der Waals surface area contributed by atoms with E-state index in [0.29, 0.717) is 0 Å². The van der Waals surface area contributed by atoms with Crippen LogP contribution in [0.15, 0.2) is 24.3 Å². The molecular formula is C15H18F3NO3. The Hall–Kier alpha value is -2.05. The van der Waals surface area contributed by atoms with Gasteiger partial charge in [-0.05, 0) is 31.0 Å². The molecule has 1 amide bonds. The first-order valence-corrected chi connectivity index (χ1v) is 6.85. The molecule has 0 aromatic heterocycles. The normalized spacial score (nSPS) is 12.0. The molecule has 0 aliphatic heterocycles. The van der Waals surface area contributed by atoms with Crippen molar-refractivity contribution in [2.75, 3.05) is 5.32 Å². The van der Waals surface area contributed by atoms with Crippen LogP contribution in [0.25, 0.3) is 0 Å². The number of benzene rings is 1. The Labute approximate surface area is 126 Å². The Morgan fingerprint density at radius 3 is 2.23 bits per heavy atom. The highest BCUT2D eigenvalue weighted by Crippen LogP contribution is 2.33. The van der Waals surface area contributed by atoms with E-state index in [-0.39, 0.29) is 24.9 Å². The fourth-order valence-electron chi connectivity index (χ4n) is 2.16.